The number of ether oxygens (including phenoxy) is 4. The van der Waals surface area contributed by atoms with E-state index in [-0.39, 0.29) is 17.1 Å². The summed E-state index contributed by atoms with van der Waals surface area (Å²) in [6.45, 7) is 5.15. The van der Waals surface area contributed by atoms with Gasteiger partial charge in [0.1, 0.15) is 17.2 Å². The van der Waals surface area contributed by atoms with Gasteiger partial charge in [0.2, 0.25) is 0 Å². The van der Waals surface area contributed by atoms with Gasteiger partial charge in [-0.05, 0) is 44.5 Å². The van der Waals surface area contributed by atoms with Crippen molar-refractivity contribution in [1.29, 1.82) is 5.26 Å². The first-order chi connectivity index (χ1) is 11.2. The highest BCUT2D eigenvalue weighted by atomic mass is 16.7. The zero-order chi connectivity index (χ0) is 18.3. The van der Waals surface area contributed by atoms with E-state index in [9.17, 15) is 9.59 Å². The van der Waals surface area contributed by atoms with Gasteiger partial charge in [-0.3, -0.25) is 0 Å². The van der Waals surface area contributed by atoms with Crippen LogP contribution >= 0.6 is 0 Å². The van der Waals surface area contributed by atoms with Crippen molar-refractivity contribution >= 4 is 18.2 Å². The van der Waals surface area contributed by atoms with E-state index in [1.54, 1.807) is 32.9 Å². The summed E-state index contributed by atoms with van der Waals surface area (Å²) < 4.78 is 19.8. The lowest BCUT2D eigenvalue weighted by molar-refractivity contribution is -0.135. The molecule has 0 amide bonds. The molecule has 7 nitrogen and oxygen atoms in total. The van der Waals surface area contributed by atoms with Crippen molar-refractivity contribution in [2.75, 3.05) is 14.2 Å². The van der Waals surface area contributed by atoms with Crippen LogP contribution in [-0.2, 0) is 14.3 Å². The molecule has 24 heavy (non-hydrogen) atoms. The highest BCUT2D eigenvalue weighted by Crippen LogP contribution is 2.29. The molecular weight excluding hydrogens is 314 g/mol. The number of nitriles is 1. The number of benzene rings is 1. The van der Waals surface area contributed by atoms with Gasteiger partial charge in [0.25, 0.3) is 0 Å². The molecule has 0 aliphatic carbocycles. The summed E-state index contributed by atoms with van der Waals surface area (Å²) in [5.74, 6) is -0.345. The van der Waals surface area contributed by atoms with E-state index in [4.69, 9.17) is 19.5 Å². The maximum Gasteiger partial charge on any atom is 0.514 e. The minimum Gasteiger partial charge on any atom is -0.493 e. The minimum atomic E-state index is -0.864. The van der Waals surface area contributed by atoms with Gasteiger partial charge in [0, 0.05) is 0 Å². The van der Waals surface area contributed by atoms with Gasteiger partial charge >= 0.3 is 12.1 Å². The monoisotopic (exact) mass is 333 g/mol. The summed E-state index contributed by atoms with van der Waals surface area (Å²) in [5, 5.41) is 8.96. The summed E-state index contributed by atoms with van der Waals surface area (Å²) >= 11 is 0. The summed E-state index contributed by atoms with van der Waals surface area (Å²) in [5.41, 5.74) is -0.347. The maximum atomic E-state index is 11.7. The highest BCUT2D eigenvalue weighted by molar-refractivity contribution is 5.97. The van der Waals surface area contributed by atoms with Crippen molar-refractivity contribution in [3.05, 3.63) is 29.3 Å². The zero-order valence-electron chi connectivity index (χ0n) is 14.2. The first-order valence-electron chi connectivity index (χ1n) is 6.99. The molecule has 0 heterocycles. The van der Waals surface area contributed by atoms with E-state index in [1.165, 1.54) is 32.4 Å². The van der Waals surface area contributed by atoms with Crippen molar-refractivity contribution in [3.8, 4) is 17.6 Å². The number of esters is 1. The first kappa shape index (κ1) is 19.0. The van der Waals surface area contributed by atoms with Crippen LogP contribution < -0.4 is 9.47 Å². The first-order valence-corrected chi connectivity index (χ1v) is 6.99. The SMILES string of the molecule is COC(=O)/C(C#N)=C/c1ccc(OC(=O)OC(C)(C)C)c(OC)c1. The van der Waals surface area contributed by atoms with Crippen molar-refractivity contribution in [1.82, 2.24) is 0 Å². The quantitative estimate of drug-likeness (QED) is 0.361. The number of hydrogen-bond donors (Lipinski definition) is 0. The van der Waals surface area contributed by atoms with Gasteiger partial charge in [-0.15, -0.1) is 0 Å². The predicted octanol–water partition coefficient (Wildman–Crippen LogP) is 3.09. The fraction of sp³-hybridized carbons (Fsp3) is 0.353. The fourth-order valence-electron chi connectivity index (χ4n) is 1.63. The number of carbonyl (C=O) groups excluding carboxylic acids is 2. The topological polar surface area (TPSA) is 94.9 Å². The van der Waals surface area contributed by atoms with E-state index in [2.05, 4.69) is 4.74 Å². The molecule has 1 aromatic rings. The van der Waals surface area contributed by atoms with Crippen LogP contribution in [0.4, 0.5) is 4.79 Å². The molecule has 0 fully saturated rings. The molecular formula is C17H19NO6. The molecule has 128 valence electrons. The molecule has 0 unspecified atom stereocenters. The van der Waals surface area contributed by atoms with Crippen LogP contribution in [0.2, 0.25) is 0 Å². The third-order valence-electron chi connectivity index (χ3n) is 2.61. The van der Waals surface area contributed by atoms with Gasteiger partial charge in [-0.2, -0.15) is 5.26 Å². The van der Waals surface area contributed by atoms with E-state index >= 15 is 0 Å². The highest BCUT2D eigenvalue weighted by Gasteiger charge is 2.19. The van der Waals surface area contributed by atoms with Crippen LogP contribution in [0.5, 0.6) is 11.5 Å². The lowest BCUT2D eigenvalue weighted by atomic mass is 10.1. The largest absolute Gasteiger partial charge is 0.514 e. The van der Waals surface area contributed by atoms with Crippen LogP contribution in [0.1, 0.15) is 26.3 Å². The molecule has 1 aromatic carbocycles. The smallest absolute Gasteiger partial charge is 0.493 e. The third-order valence-corrected chi connectivity index (χ3v) is 2.61. The van der Waals surface area contributed by atoms with Crippen molar-refractivity contribution in [3.63, 3.8) is 0 Å². The van der Waals surface area contributed by atoms with E-state index in [0.29, 0.717) is 5.56 Å². The number of rotatable bonds is 4. The molecule has 0 saturated carbocycles. The van der Waals surface area contributed by atoms with Crippen molar-refractivity contribution in [2.45, 2.75) is 26.4 Å². The van der Waals surface area contributed by atoms with Crippen molar-refractivity contribution in [2.24, 2.45) is 0 Å². The standard InChI is InChI=1S/C17H19NO6/c1-17(2,3)24-16(20)23-13-7-6-11(9-14(13)21-4)8-12(10-18)15(19)22-5/h6-9H,1-5H3/b12-8+. The molecule has 7 heteroatoms. The molecule has 0 saturated heterocycles. The Morgan fingerprint density at radius 2 is 1.83 bits per heavy atom. The van der Waals surface area contributed by atoms with Crippen LogP contribution in [0.25, 0.3) is 6.08 Å². The lowest BCUT2D eigenvalue weighted by Crippen LogP contribution is -2.26. The Kier molecular flexibility index (Phi) is 6.36. The third kappa shape index (κ3) is 5.65. The van der Waals surface area contributed by atoms with Crippen LogP contribution in [0.3, 0.4) is 0 Å². The average Bonchev–Trinajstić information content (AvgIpc) is 2.51. The number of nitrogens with zero attached hydrogens (tertiary/aromatic N) is 1. The summed E-state index contributed by atoms with van der Waals surface area (Å²) in [6, 6.07) is 6.30. The normalized spacial score (nSPS) is 11.2. The van der Waals surface area contributed by atoms with Crippen molar-refractivity contribution < 1.29 is 28.5 Å². The summed E-state index contributed by atoms with van der Waals surface area (Å²) in [4.78, 5) is 23.1. The molecule has 0 aliphatic heterocycles. The molecule has 0 aliphatic rings. The van der Waals surface area contributed by atoms with E-state index in [0.717, 1.165) is 0 Å². The van der Waals surface area contributed by atoms with Gasteiger partial charge in [-0.1, -0.05) is 6.07 Å². The van der Waals surface area contributed by atoms with Gasteiger partial charge in [-0.25, -0.2) is 9.59 Å². The molecule has 1 rings (SSSR count). The zero-order valence-corrected chi connectivity index (χ0v) is 14.2. The Morgan fingerprint density at radius 3 is 2.33 bits per heavy atom. The molecule has 0 radical (unpaired) electrons. The second-order valence-electron chi connectivity index (χ2n) is 5.64. The predicted molar refractivity (Wildman–Crippen MR) is 85.5 cm³/mol. The van der Waals surface area contributed by atoms with Crippen LogP contribution in [-0.4, -0.2) is 31.9 Å². The summed E-state index contributed by atoms with van der Waals surface area (Å²) in [7, 11) is 2.59. The Labute approximate surface area is 140 Å². The summed E-state index contributed by atoms with van der Waals surface area (Å²) in [6.07, 6.45) is 0.474. The molecule has 0 atom stereocenters. The Balaban J connectivity index is 3.05. The number of carbonyl (C=O) groups is 2. The molecule has 0 N–H and O–H groups in total. The van der Waals surface area contributed by atoms with Gasteiger partial charge in [0.15, 0.2) is 11.5 Å². The lowest BCUT2D eigenvalue weighted by Gasteiger charge is -2.19. The minimum absolute atomic E-state index is 0.153. The Hall–Kier alpha value is -3.01. The molecule has 0 aromatic heterocycles. The van der Waals surface area contributed by atoms with Gasteiger partial charge < -0.3 is 18.9 Å². The Bertz CT molecular complexity index is 694. The maximum absolute atomic E-state index is 11.7. The van der Waals surface area contributed by atoms with Crippen LogP contribution in [0.15, 0.2) is 23.8 Å². The second-order valence-corrected chi connectivity index (χ2v) is 5.64. The van der Waals surface area contributed by atoms with E-state index < -0.39 is 17.7 Å². The van der Waals surface area contributed by atoms with Gasteiger partial charge in [0.05, 0.1) is 14.2 Å². The second kappa shape index (κ2) is 8.02. The van der Waals surface area contributed by atoms with Crippen LogP contribution in [0, 0.1) is 11.3 Å². The average molecular weight is 333 g/mol. The molecule has 0 spiro atoms. The number of methoxy groups -OCH3 is 2. The number of hydrogen-bond acceptors (Lipinski definition) is 7. The fourth-order valence-corrected chi connectivity index (χ4v) is 1.63. The Morgan fingerprint density at radius 1 is 1.17 bits per heavy atom. The van der Waals surface area contributed by atoms with E-state index in [1.807, 2.05) is 0 Å². The molecule has 0 bridgehead atoms.